The lowest BCUT2D eigenvalue weighted by Gasteiger charge is -2.18. The van der Waals surface area contributed by atoms with Gasteiger partial charge in [0.05, 0.1) is 47.6 Å². The smallest absolute Gasteiger partial charge is 0.267 e. The topological polar surface area (TPSA) is 121 Å². The molecule has 9 nitrogen and oxygen atoms in total. The molecule has 0 aliphatic carbocycles. The fourth-order valence-electron chi connectivity index (χ4n) is 3.83. The number of carbonyl (C=O) groups excluding carboxylic acids is 2. The molecule has 2 amide bonds. The van der Waals surface area contributed by atoms with Gasteiger partial charge in [-0.2, -0.15) is 5.10 Å². The Kier molecular flexibility index (Phi) is 7.29. The van der Waals surface area contributed by atoms with Crippen molar-refractivity contribution in [1.82, 2.24) is 14.8 Å². The molecule has 0 bridgehead atoms. The molecular weight excluding hydrogens is 496 g/mol. The van der Waals surface area contributed by atoms with E-state index in [4.69, 9.17) is 15.2 Å². The van der Waals surface area contributed by atoms with E-state index in [2.05, 4.69) is 15.4 Å². The van der Waals surface area contributed by atoms with E-state index in [0.29, 0.717) is 22.2 Å². The molecule has 0 fully saturated rings. The molecule has 2 aromatic heterocycles. The molecule has 4 rings (SSSR count). The van der Waals surface area contributed by atoms with Crippen LogP contribution in [-0.2, 0) is 16.8 Å². The minimum Gasteiger partial charge on any atom is -0.496 e. The molecule has 2 heterocycles. The van der Waals surface area contributed by atoms with Crippen LogP contribution in [0.3, 0.4) is 0 Å². The van der Waals surface area contributed by atoms with Gasteiger partial charge < -0.3 is 20.5 Å². The summed E-state index contributed by atoms with van der Waals surface area (Å²) >= 11 is 0. The average molecular weight is 524 g/mol. The lowest BCUT2D eigenvalue weighted by molar-refractivity contribution is -0.115. The van der Waals surface area contributed by atoms with Crippen molar-refractivity contribution in [3.8, 4) is 17.2 Å². The maximum absolute atomic E-state index is 14.0. The Hall–Kier alpha value is -4.54. The molecule has 2 aromatic carbocycles. The second-order valence-electron chi connectivity index (χ2n) is 9.59. The number of hydrogen-bond donors (Lipinski definition) is 2. The summed E-state index contributed by atoms with van der Waals surface area (Å²) in [4.78, 5) is 28.7. The fraction of sp³-hybridized carbons (Fsp3) is 0.259. The predicted molar refractivity (Wildman–Crippen MR) is 138 cm³/mol. The summed E-state index contributed by atoms with van der Waals surface area (Å²) in [7, 11) is 1.39. The van der Waals surface area contributed by atoms with Gasteiger partial charge in [-0.1, -0.05) is 6.07 Å². The number of hydrogen-bond acceptors (Lipinski definition) is 6. The van der Waals surface area contributed by atoms with Crippen LogP contribution in [0, 0.1) is 0 Å². The van der Waals surface area contributed by atoms with Crippen LogP contribution in [0.25, 0.3) is 10.9 Å². The molecule has 38 heavy (non-hydrogen) atoms. The number of anilines is 1. The Morgan fingerprint density at radius 3 is 2.50 bits per heavy atom. The summed E-state index contributed by atoms with van der Waals surface area (Å²) in [5.74, 6) is -0.764. The first-order chi connectivity index (χ1) is 18.0. The number of fused-ring (bicyclic) bond motifs is 1. The van der Waals surface area contributed by atoms with Crippen LogP contribution in [0.4, 0.5) is 14.5 Å². The first-order valence-electron chi connectivity index (χ1n) is 11.7. The summed E-state index contributed by atoms with van der Waals surface area (Å²) < 4.78 is 40.8. The predicted octanol–water partition coefficient (Wildman–Crippen LogP) is 5.20. The Labute approximate surface area is 217 Å². The minimum atomic E-state index is -2.87. The first kappa shape index (κ1) is 26.5. The number of nitrogens with two attached hydrogens (primary N) is 1. The average Bonchev–Trinajstić information content (AvgIpc) is 3.33. The number of rotatable bonds is 8. The number of nitrogens with zero attached hydrogens (tertiary/aromatic N) is 3. The van der Waals surface area contributed by atoms with Crippen LogP contribution in [0.2, 0.25) is 0 Å². The van der Waals surface area contributed by atoms with E-state index in [-0.39, 0.29) is 46.2 Å². The highest BCUT2D eigenvalue weighted by Gasteiger charge is 2.20. The summed E-state index contributed by atoms with van der Waals surface area (Å²) in [5.41, 5.74) is 6.23. The normalized spacial score (nSPS) is 11.6. The van der Waals surface area contributed by atoms with Crippen molar-refractivity contribution in [1.29, 1.82) is 0 Å². The zero-order valence-electron chi connectivity index (χ0n) is 21.3. The Morgan fingerprint density at radius 1 is 1.11 bits per heavy atom. The van der Waals surface area contributed by atoms with Gasteiger partial charge in [0.2, 0.25) is 5.91 Å². The summed E-state index contributed by atoms with van der Waals surface area (Å²) in [6.07, 6.45) is 1.69. The quantitative estimate of drug-likeness (QED) is 0.327. The van der Waals surface area contributed by atoms with E-state index in [1.807, 2.05) is 20.8 Å². The molecule has 0 aliphatic heterocycles. The number of aromatic nitrogens is 3. The van der Waals surface area contributed by atoms with Crippen LogP contribution in [0.15, 0.2) is 55.0 Å². The highest BCUT2D eigenvalue weighted by atomic mass is 19.3. The summed E-state index contributed by atoms with van der Waals surface area (Å²) in [5, 5.41) is 7.36. The zero-order chi connectivity index (χ0) is 27.6. The van der Waals surface area contributed by atoms with Gasteiger partial charge in [-0.3, -0.25) is 19.3 Å². The van der Waals surface area contributed by atoms with Gasteiger partial charge in [-0.25, -0.2) is 8.78 Å². The molecule has 4 aromatic rings. The van der Waals surface area contributed by atoms with Crippen molar-refractivity contribution in [3.05, 3.63) is 71.7 Å². The fourth-order valence-corrected chi connectivity index (χ4v) is 3.83. The van der Waals surface area contributed by atoms with Crippen LogP contribution in [0.5, 0.6) is 17.2 Å². The lowest BCUT2D eigenvalue weighted by Crippen LogP contribution is -2.22. The van der Waals surface area contributed by atoms with E-state index in [1.54, 1.807) is 16.9 Å². The van der Waals surface area contributed by atoms with Crippen LogP contribution in [-0.4, -0.2) is 33.7 Å². The van der Waals surface area contributed by atoms with Crippen molar-refractivity contribution in [2.24, 2.45) is 5.73 Å². The van der Waals surface area contributed by atoms with Gasteiger partial charge in [-0.15, -0.1) is 0 Å². The number of benzene rings is 2. The number of alkyl halides is 2. The number of nitrogens with one attached hydrogen (secondary N) is 1. The molecule has 0 saturated heterocycles. The lowest BCUT2D eigenvalue weighted by atomic mass is 10.1. The molecule has 11 heteroatoms. The van der Waals surface area contributed by atoms with Gasteiger partial charge >= 0.3 is 0 Å². The number of pyridine rings is 1. The molecule has 0 atom stereocenters. The minimum absolute atomic E-state index is 0.0976. The molecule has 0 radical (unpaired) electrons. The molecule has 0 spiro atoms. The highest BCUT2D eigenvalue weighted by molar-refractivity contribution is 6.01. The third kappa shape index (κ3) is 5.72. The monoisotopic (exact) mass is 523 g/mol. The van der Waals surface area contributed by atoms with Crippen molar-refractivity contribution in [2.45, 2.75) is 39.2 Å². The summed E-state index contributed by atoms with van der Waals surface area (Å²) in [6.45, 7) is 5.93. The maximum Gasteiger partial charge on any atom is 0.267 e. The SMILES string of the molecule is COc1cc2nccc(Oc3ccc(CC(=O)Nc4cnn(C(C)(C)C)c4)cc3C(F)F)c2cc1C(N)=O. The van der Waals surface area contributed by atoms with Gasteiger partial charge in [0.1, 0.15) is 17.2 Å². The van der Waals surface area contributed by atoms with E-state index in [1.165, 1.54) is 49.8 Å². The van der Waals surface area contributed by atoms with E-state index in [0.717, 1.165) is 0 Å². The Bertz CT molecular complexity index is 1510. The number of amides is 2. The number of primary amides is 1. The molecule has 3 N–H and O–H groups in total. The van der Waals surface area contributed by atoms with Gasteiger partial charge in [-0.05, 0) is 50.6 Å². The molecule has 0 unspecified atom stereocenters. The molecular formula is C27H27F2N5O4. The van der Waals surface area contributed by atoms with Gasteiger partial charge in [0.15, 0.2) is 0 Å². The van der Waals surface area contributed by atoms with Gasteiger partial charge in [0, 0.05) is 23.8 Å². The van der Waals surface area contributed by atoms with Crippen molar-refractivity contribution < 1.29 is 27.8 Å². The Balaban J connectivity index is 1.58. The number of carbonyl (C=O) groups is 2. The number of ether oxygens (including phenoxy) is 2. The second kappa shape index (κ2) is 10.4. The van der Waals surface area contributed by atoms with Crippen molar-refractivity contribution in [2.75, 3.05) is 12.4 Å². The van der Waals surface area contributed by atoms with E-state index < -0.39 is 12.3 Å². The van der Waals surface area contributed by atoms with Crippen LogP contribution in [0.1, 0.15) is 48.7 Å². The largest absolute Gasteiger partial charge is 0.496 e. The second-order valence-corrected chi connectivity index (χ2v) is 9.59. The first-order valence-corrected chi connectivity index (χ1v) is 11.7. The molecule has 0 saturated carbocycles. The Morgan fingerprint density at radius 2 is 1.87 bits per heavy atom. The van der Waals surface area contributed by atoms with Gasteiger partial charge in [0.25, 0.3) is 12.3 Å². The number of methoxy groups -OCH3 is 1. The third-order valence-corrected chi connectivity index (χ3v) is 5.74. The van der Waals surface area contributed by atoms with E-state index >= 15 is 0 Å². The third-order valence-electron chi connectivity index (χ3n) is 5.74. The van der Waals surface area contributed by atoms with Crippen molar-refractivity contribution >= 4 is 28.4 Å². The van der Waals surface area contributed by atoms with Crippen LogP contribution < -0.4 is 20.5 Å². The molecule has 198 valence electrons. The summed E-state index contributed by atoms with van der Waals surface area (Å²) in [6, 6.07) is 8.62. The van der Waals surface area contributed by atoms with Crippen LogP contribution >= 0.6 is 0 Å². The van der Waals surface area contributed by atoms with Crippen molar-refractivity contribution in [3.63, 3.8) is 0 Å². The maximum atomic E-state index is 14.0. The standard InChI is InChI=1S/C27H27F2N5O4/c1-27(2,3)34-14-16(13-32-34)33-24(35)10-15-5-6-21(18(9-15)25(28)29)38-22-7-8-31-20-12-23(37-4)19(26(30)36)11-17(20)22/h5-9,11-14,25H,10H2,1-4H3,(H2,30,36)(H,33,35). The zero-order valence-corrected chi connectivity index (χ0v) is 21.3. The molecule has 0 aliphatic rings. The van der Waals surface area contributed by atoms with E-state index in [9.17, 15) is 18.4 Å². The highest BCUT2D eigenvalue weighted by Crippen LogP contribution is 2.37. The number of halogens is 2.